The average Bonchev–Trinajstić information content (AvgIpc) is 2.02. The molecule has 0 spiro atoms. The molecule has 0 heterocycles. The summed E-state index contributed by atoms with van der Waals surface area (Å²) in [5.74, 6) is -1.10. The molecular weight excluding hydrogens is 170 g/mol. The van der Waals surface area contributed by atoms with Crippen molar-refractivity contribution < 1.29 is 8.78 Å². The van der Waals surface area contributed by atoms with Gasteiger partial charge in [0, 0.05) is 11.5 Å². The summed E-state index contributed by atoms with van der Waals surface area (Å²) >= 11 is 0. The fourth-order valence-corrected chi connectivity index (χ4v) is 1.04. The molecular formula is C11H12F2. The lowest BCUT2D eigenvalue weighted by Gasteiger charge is -2.20. The second kappa shape index (κ2) is 3.29. The van der Waals surface area contributed by atoms with Crippen LogP contribution < -0.4 is 0 Å². The molecule has 0 radical (unpaired) electrons. The summed E-state index contributed by atoms with van der Waals surface area (Å²) in [6.45, 7) is 7.33. The van der Waals surface area contributed by atoms with E-state index >= 15 is 0 Å². The first kappa shape index (κ1) is 9.90. The Balaban J connectivity index is 3.22. The zero-order valence-corrected chi connectivity index (χ0v) is 7.77. The summed E-state index contributed by atoms with van der Waals surface area (Å²) in [6.07, 6.45) is 1.67. The smallest absolute Gasteiger partial charge is 0.126 e. The molecule has 1 aromatic rings. The summed E-state index contributed by atoms with van der Waals surface area (Å²) in [5, 5.41) is 0. The van der Waals surface area contributed by atoms with E-state index in [-0.39, 0.29) is 0 Å². The normalized spacial score (nSPS) is 11.4. The van der Waals surface area contributed by atoms with E-state index in [1.807, 2.05) is 13.8 Å². The van der Waals surface area contributed by atoms with Crippen LogP contribution >= 0.6 is 0 Å². The van der Waals surface area contributed by atoms with Gasteiger partial charge in [0.25, 0.3) is 0 Å². The Morgan fingerprint density at radius 2 is 1.62 bits per heavy atom. The fraction of sp³-hybridized carbons (Fsp3) is 0.273. The third kappa shape index (κ3) is 2.14. The van der Waals surface area contributed by atoms with Gasteiger partial charge in [-0.25, -0.2) is 8.78 Å². The molecule has 1 aromatic carbocycles. The minimum Gasteiger partial charge on any atom is -0.207 e. The quantitative estimate of drug-likeness (QED) is 0.615. The zero-order valence-electron chi connectivity index (χ0n) is 7.77. The van der Waals surface area contributed by atoms with Crippen molar-refractivity contribution in [3.8, 4) is 0 Å². The van der Waals surface area contributed by atoms with Gasteiger partial charge in [-0.2, -0.15) is 0 Å². The van der Waals surface area contributed by atoms with Crippen LogP contribution in [0.3, 0.4) is 0 Å². The first-order chi connectivity index (χ1) is 5.95. The van der Waals surface area contributed by atoms with Gasteiger partial charge in [0.2, 0.25) is 0 Å². The zero-order chi connectivity index (χ0) is 10.1. The Hall–Kier alpha value is -1.18. The molecule has 1 rings (SSSR count). The summed E-state index contributed by atoms with van der Waals surface area (Å²) in [6, 6.07) is 3.51. The first-order valence-corrected chi connectivity index (χ1v) is 4.06. The predicted octanol–water partition coefficient (Wildman–Crippen LogP) is 3.43. The minimum atomic E-state index is -0.551. The van der Waals surface area contributed by atoms with E-state index in [0.717, 1.165) is 6.07 Å². The van der Waals surface area contributed by atoms with E-state index < -0.39 is 17.0 Å². The molecule has 0 aromatic heterocycles. The second-order valence-corrected chi connectivity index (χ2v) is 3.58. The maximum atomic E-state index is 12.8. The highest BCUT2D eigenvalue weighted by atomic mass is 19.1. The van der Waals surface area contributed by atoms with Gasteiger partial charge in [-0.1, -0.05) is 19.9 Å². The van der Waals surface area contributed by atoms with Crippen molar-refractivity contribution in [2.75, 3.05) is 0 Å². The number of hydrogen-bond acceptors (Lipinski definition) is 0. The summed E-state index contributed by atoms with van der Waals surface area (Å²) in [7, 11) is 0. The van der Waals surface area contributed by atoms with Gasteiger partial charge in [-0.05, 0) is 17.7 Å². The van der Waals surface area contributed by atoms with Crippen molar-refractivity contribution in [3.63, 3.8) is 0 Å². The second-order valence-electron chi connectivity index (χ2n) is 3.58. The molecule has 2 heteroatoms. The Kier molecular flexibility index (Phi) is 2.50. The van der Waals surface area contributed by atoms with Crippen LogP contribution in [0.4, 0.5) is 8.78 Å². The van der Waals surface area contributed by atoms with Crippen LogP contribution in [0.15, 0.2) is 30.9 Å². The van der Waals surface area contributed by atoms with Crippen LogP contribution in [0.2, 0.25) is 0 Å². The third-order valence-electron chi connectivity index (χ3n) is 2.12. The Labute approximate surface area is 76.9 Å². The number of hydrogen-bond donors (Lipinski definition) is 0. The summed E-state index contributed by atoms with van der Waals surface area (Å²) < 4.78 is 25.6. The van der Waals surface area contributed by atoms with Crippen molar-refractivity contribution >= 4 is 0 Å². The van der Waals surface area contributed by atoms with E-state index in [1.54, 1.807) is 6.08 Å². The van der Waals surface area contributed by atoms with Gasteiger partial charge < -0.3 is 0 Å². The monoisotopic (exact) mass is 182 g/mol. The van der Waals surface area contributed by atoms with Gasteiger partial charge in [-0.15, -0.1) is 6.58 Å². The Morgan fingerprint density at radius 1 is 1.15 bits per heavy atom. The topological polar surface area (TPSA) is 0 Å². The van der Waals surface area contributed by atoms with Crippen molar-refractivity contribution in [2.45, 2.75) is 19.3 Å². The van der Waals surface area contributed by atoms with Crippen molar-refractivity contribution in [2.24, 2.45) is 0 Å². The van der Waals surface area contributed by atoms with E-state index in [0.29, 0.717) is 5.56 Å². The molecule has 0 aliphatic carbocycles. The van der Waals surface area contributed by atoms with Gasteiger partial charge in [0.15, 0.2) is 0 Å². The van der Waals surface area contributed by atoms with Crippen LogP contribution in [-0.2, 0) is 5.41 Å². The summed E-state index contributed by atoms with van der Waals surface area (Å²) in [4.78, 5) is 0. The molecule has 13 heavy (non-hydrogen) atoms. The molecule has 0 atom stereocenters. The first-order valence-electron chi connectivity index (χ1n) is 4.06. The minimum absolute atomic E-state index is 0.400. The van der Waals surface area contributed by atoms with Crippen molar-refractivity contribution in [3.05, 3.63) is 48.1 Å². The Bertz CT molecular complexity index is 307. The van der Waals surface area contributed by atoms with Gasteiger partial charge in [-0.3, -0.25) is 0 Å². The molecule has 0 unspecified atom stereocenters. The van der Waals surface area contributed by atoms with Crippen LogP contribution in [0.1, 0.15) is 19.4 Å². The number of allylic oxidation sites excluding steroid dienone is 1. The third-order valence-corrected chi connectivity index (χ3v) is 2.12. The van der Waals surface area contributed by atoms with Crippen LogP contribution in [0.25, 0.3) is 0 Å². The van der Waals surface area contributed by atoms with Crippen molar-refractivity contribution in [1.82, 2.24) is 0 Å². The molecule has 0 saturated heterocycles. The maximum absolute atomic E-state index is 12.8. The highest BCUT2D eigenvalue weighted by Gasteiger charge is 2.17. The van der Waals surface area contributed by atoms with E-state index in [9.17, 15) is 8.78 Å². The highest BCUT2D eigenvalue weighted by molar-refractivity contribution is 5.29. The van der Waals surface area contributed by atoms with Crippen LogP contribution in [0, 0.1) is 11.6 Å². The van der Waals surface area contributed by atoms with E-state index in [1.165, 1.54) is 12.1 Å². The summed E-state index contributed by atoms with van der Waals surface area (Å²) in [5.41, 5.74) is 0.197. The SMILES string of the molecule is C=CC(C)(C)c1cc(F)cc(F)c1. The largest absolute Gasteiger partial charge is 0.207 e. The molecule has 70 valence electrons. The number of benzene rings is 1. The maximum Gasteiger partial charge on any atom is 0.126 e. The molecule has 0 amide bonds. The van der Waals surface area contributed by atoms with Gasteiger partial charge in [0.05, 0.1) is 0 Å². The number of halogens is 2. The molecule has 0 fully saturated rings. The standard InChI is InChI=1S/C11H12F2/c1-4-11(2,3)8-5-9(12)7-10(13)6-8/h4-7H,1H2,2-3H3. The lowest BCUT2D eigenvalue weighted by Crippen LogP contribution is -2.13. The highest BCUT2D eigenvalue weighted by Crippen LogP contribution is 2.25. The molecule has 0 nitrogen and oxygen atoms in total. The van der Waals surface area contributed by atoms with E-state index in [4.69, 9.17) is 0 Å². The lowest BCUT2D eigenvalue weighted by atomic mass is 9.85. The average molecular weight is 182 g/mol. The Morgan fingerprint density at radius 3 is 2.00 bits per heavy atom. The van der Waals surface area contributed by atoms with Crippen LogP contribution in [0.5, 0.6) is 0 Å². The molecule has 0 N–H and O–H groups in total. The van der Waals surface area contributed by atoms with Gasteiger partial charge >= 0.3 is 0 Å². The molecule has 0 aliphatic heterocycles. The predicted molar refractivity (Wildman–Crippen MR) is 49.6 cm³/mol. The number of rotatable bonds is 2. The molecule has 0 saturated carbocycles. The van der Waals surface area contributed by atoms with Gasteiger partial charge in [0.1, 0.15) is 11.6 Å². The lowest BCUT2D eigenvalue weighted by molar-refractivity contribution is 0.565. The van der Waals surface area contributed by atoms with Crippen LogP contribution in [-0.4, -0.2) is 0 Å². The molecule has 0 aliphatic rings. The fourth-order valence-electron chi connectivity index (χ4n) is 1.04. The molecule has 0 bridgehead atoms. The van der Waals surface area contributed by atoms with E-state index in [2.05, 4.69) is 6.58 Å². The van der Waals surface area contributed by atoms with Crippen molar-refractivity contribution in [1.29, 1.82) is 0 Å².